The van der Waals surface area contributed by atoms with E-state index in [9.17, 15) is 0 Å². The summed E-state index contributed by atoms with van der Waals surface area (Å²) in [4.78, 5) is 31.4. The minimum atomic E-state index is 0.491. The second-order valence-electron chi connectivity index (χ2n) is 17.1. The van der Waals surface area contributed by atoms with Crippen molar-refractivity contribution in [2.24, 2.45) is 0 Å². The van der Waals surface area contributed by atoms with Crippen molar-refractivity contribution in [1.82, 2.24) is 39.0 Å². The summed E-state index contributed by atoms with van der Waals surface area (Å²) in [5.74, 6) is 3.33. The second kappa shape index (κ2) is 15.5. The van der Waals surface area contributed by atoms with Crippen LogP contribution in [-0.2, 0) is 0 Å². The van der Waals surface area contributed by atoms with Gasteiger partial charge in [-0.3, -0.25) is 4.57 Å². The molecule has 0 saturated heterocycles. The minimum absolute atomic E-state index is 0.491. The van der Waals surface area contributed by atoms with Crippen LogP contribution in [0, 0.1) is 0 Å². The molecule has 14 rings (SSSR count). The third-order valence-electron chi connectivity index (χ3n) is 13.0. The third-order valence-corrected chi connectivity index (χ3v) is 13.0. The Morgan fingerprint density at radius 2 is 0.725 bits per heavy atom. The monoisotopic (exact) mass is 884 g/mol. The van der Waals surface area contributed by atoms with Crippen LogP contribution in [0.1, 0.15) is 0 Å². The molecule has 69 heavy (non-hydrogen) atoms. The predicted octanol–water partition coefficient (Wildman–Crippen LogP) is 14.5. The van der Waals surface area contributed by atoms with Gasteiger partial charge in [-0.1, -0.05) is 176 Å². The standard InChI is InChI=1S/C60H36N8O/c1-4-18-37(19-5-1)55-61-56(38-20-6-2-7-21-38)64-59(63-55)47-27-12-16-30-50(47)67-48-28-14-10-24-41(48)45-34-35-46-42-25-11-15-29-49(42)68(54(46)53(45)67)60-65-57(39-22-8-3-9-23-39)62-58(66-60)40-32-33-44-43-26-13-17-31-51(43)69-52(44)36-40/h1-36H. The molecule has 0 atom stereocenters. The summed E-state index contributed by atoms with van der Waals surface area (Å²) in [5, 5.41) is 6.42. The van der Waals surface area contributed by atoms with Gasteiger partial charge in [-0.25, -0.2) is 19.9 Å². The van der Waals surface area contributed by atoms with E-state index in [0.717, 1.165) is 99.1 Å². The molecule has 9 heteroatoms. The molecule has 9 nitrogen and oxygen atoms in total. The summed E-state index contributed by atoms with van der Waals surface area (Å²) in [6.45, 7) is 0. The largest absolute Gasteiger partial charge is 0.456 e. The van der Waals surface area contributed by atoms with E-state index < -0.39 is 0 Å². The Balaban J connectivity index is 1.07. The minimum Gasteiger partial charge on any atom is -0.456 e. The maximum atomic E-state index is 6.39. The molecule has 5 heterocycles. The lowest BCUT2D eigenvalue weighted by Gasteiger charge is -2.16. The molecular weight excluding hydrogens is 849 g/mol. The lowest BCUT2D eigenvalue weighted by Crippen LogP contribution is -2.07. The van der Waals surface area contributed by atoms with Gasteiger partial charge in [-0.2, -0.15) is 9.97 Å². The highest BCUT2D eigenvalue weighted by Gasteiger charge is 2.25. The van der Waals surface area contributed by atoms with Crippen LogP contribution in [-0.4, -0.2) is 39.0 Å². The van der Waals surface area contributed by atoms with E-state index in [4.69, 9.17) is 34.3 Å². The molecule has 0 amide bonds. The summed E-state index contributed by atoms with van der Waals surface area (Å²) >= 11 is 0. The third kappa shape index (κ3) is 6.25. The maximum Gasteiger partial charge on any atom is 0.238 e. The first-order chi connectivity index (χ1) is 34.2. The van der Waals surface area contributed by atoms with Crippen LogP contribution in [0.5, 0.6) is 0 Å². The van der Waals surface area contributed by atoms with E-state index in [1.54, 1.807) is 0 Å². The van der Waals surface area contributed by atoms with Crippen molar-refractivity contribution in [1.29, 1.82) is 0 Å². The summed E-state index contributed by atoms with van der Waals surface area (Å²) in [6, 6.07) is 74.6. The molecule has 14 aromatic rings. The number of aromatic nitrogens is 8. The number of nitrogens with zero attached hydrogens (tertiary/aromatic N) is 8. The zero-order chi connectivity index (χ0) is 45.4. The van der Waals surface area contributed by atoms with Gasteiger partial charge in [0.2, 0.25) is 5.95 Å². The smallest absolute Gasteiger partial charge is 0.238 e. The Hall–Kier alpha value is -9.60. The lowest BCUT2D eigenvalue weighted by atomic mass is 10.1. The quantitative estimate of drug-likeness (QED) is 0.157. The van der Waals surface area contributed by atoms with Crippen LogP contribution in [0.3, 0.4) is 0 Å². The van der Waals surface area contributed by atoms with Crippen LogP contribution in [0.2, 0.25) is 0 Å². The predicted molar refractivity (Wildman–Crippen MR) is 276 cm³/mol. The fourth-order valence-electron chi connectivity index (χ4n) is 9.92. The van der Waals surface area contributed by atoms with E-state index >= 15 is 0 Å². The van der Waals surface area contributed by atoms with Crippen molar-refractivity contribution in [3.8, 4) is 68.6 Å². The summed E-state index contributed by atoms with van der Waals surface area (Å²) in [6.07, 6.45) is 0. The molecule has 0 saturated carbocycles. The average molecular weight is 885 g/mol. The van der Waals surface area contributed by atoms with Gasteiger partial charge in [0.1, 0.15) is 11.2 Å². The first-order valence-corrected chi connectivity index (χ1v) is 22.9. The van der Waals surface area contributed by atoms with Crippen molar-refractivity contribution in [3.63, 3.8) is 0 Å². The molecule has 9 aromatic carbocycles. The van der Waals surface area contributed by atoms with Crippen LogP contribution < -0.4 is 0 Å². The second-order valence-corrected chi connectivity index (χ2v) is 17.1. The molecule has 0 unspecified atom stereocenters. The Bertz CT molecular complexity index is 4250. The Kier molecular flexibility index (Phi) is 8.68. The highest BCUT2D eigenvalue weighted by Crippen LogP contribution is 2.43. The van der Waals surface area contributed by atoms with Gasteiger partial charge in [0.05, 0.1) is 27.8 Å². The van der Waals surface area contributed by atoms with E-state index in [2.05, 4.69) is 106 Å². The lowest BCUT2D eigenvalue weighted by molar-refractivity contribution is 0.669. The van der Waals surface area contributed by atoms with Gasteiger partial charge >= 0.3 is 0 Å². The normalized spacial score (nSPS) is 11.8. The molecule has 0 aliphatic heterocycles. The van der Waals surface area contributed by atoms with Gasteiger partial charge in [0.15, 0.2) is 29.1 Å². The van der Waals surface area contributed by atoms with Crippen molar-refractivity contribution >= 4 is 65.6 Å². The Labute approximate surface area is 394 Å². The van der Waals surface area contributed by atoms with Crippen LogP contribution in [0.15, 0.2) is 223 Å². The maximum absolute atomic E-state index is 6.39. The number of hydrogen-bond acceptors (Lipinski definition) is 7. The van der Waals surface area contributed by atoms with Gasteiger partial charge in [-0.15, -0.1) is 0 Å². The van der Waals surface area contributed by atoms with Crippen molar-refractivity contribution in [2.75, 3.05) is 0 Å². The number of fused-ring (bicyclic) bond motifs is 10. The molecule has 0 radical (unpaired) electrons. The number of benzene rings is 9. The zero-order valence-corrected chi connectivity index (χ0v) is 36.8. The van der Waals surface area contributed by atoms with Gasteiger partial charge < -0.3 is 8.98 Å². The van der Waals surface area contributed by atoms with Gasteiger partial charge in [-0.05, 0) is 42.5 Å². The van der Waals surface area contributed by atoms with Gasteiger partial charge in [0.25, 0.3) is 0 Å². The molecular formula is C60H36N8O. The van der Waals surface area contributed by atoms with Crippen molar-refractivity contribution < 1.29 is 4.42 Å². The van der Waals surface area contributed by atoms with Crippen LogP contribution in [0.25, 0.3) is 134 Å². The summed E-state index contributed by atoms with van der Waals surface area (Å²) in [7, 11) is 0. The van der Waals surface area contributed by atoms with Crippen molar-refractivity contribution in [3.05, 3.63) is 218 Å². The first-order valence-electron chi connectivity index (χ1n) is 22.9. The molecule has 322 valence electrons. The molecule has 0 N–H and O–H groups in total. The van der Waals surface area contributed by atoms with E-state index in [1.165, 1.54) is 0 Å². The van der Waals surface area contributed by atoms with E-state index in [1.807, 2.05) is 121 Å². The summed E-state index contributed by atoms with van der Waals surface area (Å²) in [5.41, 5.74) is 10.8. The Morgan fingerprint density at radius 3 is 1.35 bits per heavy atom. The number of rotatable bonds is 7. The van der Waals surface area contributed by atoms with Crippen LogP contribution in [0.4, 0.5) is 0 Å². The SMILES string of the molecule is c1ccc(-c2nc(-c3ccccc3)nc(-c3ccccc3-n3c4ccccc4c4ccc5c6ccccc6n(-c6nc(-c7ccccc7)nc(-c7ccc8c(c7)oc7ccccc78)n6)c5c43)n2)cc1. The Morgan fingerprint density at radius 1 is 0.290 bits per heavy atom. The molecule has 0 aliphatic rings. The topological polar surface area (TPSA) is 100 Å². The van der Waals surface area contributed by atoms with Crippen molar-refractivity contribution in [2.45, 2.75) is 0 Å². The first kappa shape index (κ1) is 38.6. The fraction of sp³-hybridized carbons (Fsp3) is 0. The zero-order valence-electron chi connectivity index (χ0n) is 36.8. The number of furan rings is 1. The highest BCUT2D eigenvalue weighted by molar-refractivity contribution is 6.24. The number of hydrogen-bond donors (Lipinski definition) is 0. The summed E-state index contributed by atoms with van der Waals surface area (Å²) < 4.78 is 11.0. The molecule has 0 bridgehead atoms. The fourth-order valence-corrected chi connectivity index (χ4v) is 9.92. The molecule has 0 aliphatic carbocycles. The molecule has 0 spiro atoms. The van der Waals surface area contributed by atoms with Crippen LogP contribution >= 0.6 is 0 Å². The van der Waals surface area contributed by atoms with E-state index in [-0.39, 0.29) is 0 Å². The van der Waals surface area contributed by atoms with Gasteiger partial charge in [0, 0.05) is 60.1 Å². The van der Waals surface area contributed by atoms with E-state index in [0.29, 0.717) is 35.1 Å². The highest BCUT2D eigenvalue weighted by atomic mass is 16.3. The molecule has 5 aromatic heterocycles. The average Bonchev–Trinajstić information content (AvgIpc) is 4.09. The molecule has 0 fully saturated rings. The number of para-hydroxylation sites is 4.